The molecule has 1 aromatic heterocycles. The van der Waals surface area contributed by atoms with Crippen LogP contribution in [-0.4, -0.2) is 54.1 Å². The van der Waals surface area contributed by atoms with Gasteiger partial charge in [0.2, 0.25) is 0 Å². The van der Waals surface area contributed by atoms with Gasteiger partial charge in [-0.05, 0) is 67.1 Å². The van der Waals surface area contributed by atoms with Crippen LogP contribution in [0.3, 0.4) is 0 Å². The van der Waals surface area contributed by atoms with E-state index in [-0.39, 0.29) is 5.91 Å². The molecular formula is C30H36N4O2. The molecule has 0 aliphatic carbocycles. The van der Waals surface area contributed by atoms with E-state index in [4.69, 9.17) is 4.74 Å². The van der Waals surface area contributed by atoms with Crippen molar-refractivity contribution in [2.24, 2.45) is 0 Å². The van der Waals surface area contributed by atoms with Crippen molar-refractivity contribution < 1.29 is 9.53 Å². The van der Waals surface area contributed by atoms with Crippen LogP contribution in [-0.2, 0) is 17.9 Å². The first-order chi connectivity index (χ1) is 17.7. The van der Waals surface area contributed by atoms with Crippen molar-refractivity contribution in [3.8, 4) is 0 Å². The smallest absolute Gasteiger partial charge is 0.251 e. The van der Waals surface area contributed by atoms with Gasteiger partial charge in [0.05, 0.1) is 12.7 Å². The minimum atomic E-state index is -0.0553. The van der Waals surface area contributed by atoms with Gasteiger partial charge < -0.3 is 19.9 Å². The summed E-state index contributed by atoms with van der Waals surface area (Å²) >= 11 is 0. The Morgan fingerprint density at radius 2 is 1.58 bits per heavy atom. The zero-order valence-electron chi connectivity index (χ0n) is 20.9. The Labute approximate surface area is 214 Å². The lowest BCUT2D eigenvalue weighted by Crippen LogP contribution is -2.48. The zero-order chi connectivity index (χ0) is 24.6. The minimum absolute atomic E-state index is 0.0553. The van der Waals surface area contributed by atoms with Crippen LogP contribution in [0.4, 0.5) is 5.69 Å². The van der Waals surface area contributed by atoms with E-state index < -0.39 is 0 Å². The molecule has 2 fully saturated rings. The second-order valence-electron chi connectivity index (χ2n) is 9.84. The lowest BCUT2D eigenvalue weighted by molar-refractivity contribution is -0.0132. The first kappa shape index (κ1) is 24.5. The number of carbonyl (C=O) groups excluding carboxylic acids is 1. The van der Waals surface area contributed by atoms with E-state index in [1.54, 1.807) is 12.4 Å². The number of piperidine rings is 2. The summed E-state index contributed by atoms with van der Waals surface area (Å²) in [6.45, 7) is 5.58. The molecule has 0 atom stereocenters. The summed E-state index contributed by atoms with van der Waals surface area (Å²) in [5.41, 5.74) is 4.14. The molecule has 1 N–H and O–H groups in total. The fraction of sp³-hybridized carbons (Fsp3) is 0.400. The van der Waals surface area contributed by atoms with Crippen molar-refractivity contribution in [2.75, 3.05) is 31.1 Å². The number of benzene rings is 2. The van der Waals surface area contributed by atoms with Crippen LogP contribution in [0, 0.1) is 0 Å². The second kappa shape index (κ2) is 12.2. The third kappa shape index (κ3) is 6.50. The third-order valence-electron chi connectivity index (χ3n) is 7.46. The molecule has 2 saturated heterocycles. The van der Waals surface area contributed by atoms with Crippen molar-refractivity contribution in [1.82, 2.24) is 15.2 Å². The quantitative estimate of drug-likeness (QED) is 0.504. The molecule has 6 nitrogen and oxygen atoms in total. The van der Waals surface area contributed by atoms with Gasteiger partial charge in [0.1, 0.15) is 0 Å². The molecular weight excluding hydrogens is 448 g/mol. The molecule has 2 aliphatic rings. The molecule has 3 aromatic rings. The first-order valence-electron chi connectivity index (χ1n) is 13.2. The average molecular weight is 485 g/mol. The molecule has 2 aliphatic heterocycles. The maximum atomic E-state index is 12.5. The molecule has 2 aromatic carbocycles. The molecule has 6 heteroatoms. The number of nitrogens with one attached hydrogen (secondary N) is 1. The lowest BCUT2D eigenvalue weighted by Gasteiger charge is -2.42. The highest BCUT2D eigenvalue weighted by molar-refractivity contribution is 5.94. The van der Waals surface area contributed by atoms with Gasteiger partial charge in [0.15, 0.2) is 0 Å². The highest BCUT2D eigenvalue weighted by Gasteiger charge is 2.28. The Balaban J connectivity index is 1.03. The summed E-state index contributed by atoms with van der Waals surface area (Å²) in [5, 5.41) is 2.97. The fourth-order valence-electron chi connectivity index (χ4n) is 5.30. The van der Waals surface area contributed by atoms with Gasteiger partial charge in [-0.15, -0.1) is 0 Å². The second-order valence-corrected chi connectivity index (χ2v) is 9.84. The topological polar surface area (TPSA) is 57.7 Å². The van der Waals surface area contributed by atoms with E-state index in [2.05, 4.69) is 56.5 Å². The normalized spacial score (nSPS) is 17.7. The first-order valence-corrected chi connectivity index (χ1v) is 13.2. The van der Waals surface area contributed by atoms with Gasteiger partial charge in [-0.1, -0.05) is 36.4 Å². The van der Waals surface area contributed by atoms with E-state index in [0.29, 0.717) is 24.3 Å². The highest BCUT2D eigenvalue weighted by Crippen LogP contribution is 2.26. The highest BCUT2D eigenvalue weighted by atomic mass is 16.5. The number of pyridine rings is 1. The van der Waals surface area contributed by atoms with Crippen LogP contribution < -0.4 is 10.2 Å². The number of ether oxygens (including phenoxy) is 1. The standard InChI is InChI=1S/C30H36N4O2/c35-30(32-22-25-7-4-16-31-21-25)26-8-10-27(11-9-26)33-17-12-28(13-18-33)34-19-14-29(15-20-34)36-23-24-5-2-1-3-6-24/h1-11,16,21,28-29H,12-15,17-20,22-23H2,(H,32,35). The summed E-state index contributed by atoms with van der Waals surface area (Å²) in [6.07, 6.45) is 8.49. The van der Waals surface area contributed by atoms with Crippen molar-refractivity contribution in [3.63, 3.8) is 0 Å². The summed E-state index contributed by atoms with van der Waals surface area (Å²) < 4.78 is 6.18. The molecule has 1 amide bonds. The summed E-state index contributed by atoms with van der Waals surface area (Å²) in [6, 6.07) is 23.0. The molecule has 0 saturated carbocycles. The average Bonchev–Trinajstić information content (AvgIpc) is 2.96. The van der Waals surface area contributed by atoms with Crippen LogP contribution in [0.5, 0.6) is 0 Å². The van der Waals surface area contributed by atoms with Crippen LogP contribution in [0.15, 0.2) is 79.1 Å². The maximum Gasteiger partial charge on any atom is 0.251 e. The third-order valence-corrected chi connectivity index (χ3v) is 7.46. The van der Waals surface area contributed by atoms with Gasteiger partial charge >= 0.3 is 0 Å². The number of hydrogen-bond acceptors (Lipinski definition) is 5. The van der Waals surface area contributed by atoms with Gasteiger partial charge in [-0.2, -0.15) is 0 Å². The van der Waals surface area contributed by atoms with Crippen LogP contribution in [0.1, 0.15) is 47.2 Å². The van der Waals surface area contributed by atoms with E-state index in [9.17, 15) is 4.79 Å². The van der Waals surface area contributed by atoms with Gasteiger partial charge in [-0.3, -0.25) is 9.78 Å². The molecule has 36 heavy (non-hydrogen) atoms. The summed E-state index contributed by atoms with van der Waals surface area (Å²) in [7, 11) is 0. The van der Waals surface area contributed by atoms with Crippen LogP contribution in [0.2, 0.25) is 0 Å². The summed E-state index contributed by atoms with van der Waals surface area (Å²) in [5.74, 6) is -0.0553. The fourth-order valence-corrected chi connectivity index (χ4v) is 5.30. The number of carbonyl (C=O) groups is 1. The van der Waals surface area contributed by atoms with Gasteiger partial charge in [0, 0.05) is 62.4 Å². The Hall–Kier alpha value is -3.22. The van der Waals surface area contributed by atoms with Gasteiger partial charge in [0.25, 0.3) is 5.91 Å². The Morgan fingerprint density at radius 3 is 2.28 bits per heavy atom. The van der Waals surface area contributed by atoms with E-state index in [1.807, 2.05) is 30.3 Å². The largest absolute Gasteiger partial charge is 0.373 e. The predicted octanol–water partition coefficient (Wildman–Crippen LogP) is 4.66. The molecule has 0 unspecified atom stereocenters. The number of rotatable bonds is 8. The van der Waals surface area contributed by atoms with Crippen LogP contribution in [0.25, 0.3) is 0 Å². The molecule has 5 rings (SSSR count). The van der Waals surface area contributed by atoms with E-state index in [0.717, 1.165) is 51.2 Å². The SMILES string of the molecule is O=C(NCc1cccnc1)c1ccc(N2CCC(N3CCC(OCc4ccccc4)CC3)CC2)cc1. The number of nitrogens with zero attached hydrogens (tertiary/aromatic N) is 3. The number of anilines is 1. The number of aromatic nitrogens is 1. The lowest BCUT2D eigenvalue weighted by atomic mass is 9.98. The number of hydrogen-bond donors (Lipinski definition) is 1. The molecule has 188 valence electrons. The maximum absolute atomic E-state index is 12.5. The molecule has 0 radical (unpaired) electrons. The monoisotopic (exact) mass is 484 g/mol. The molecule has 3 heterocycles. The minimum Gasteiger partial charge on any atom is -0.373 e. The van der Waals surface area contributed by atoms with Crippen molar-refractivity contribution in [2.45, 2.75) is 51.0 Å². The Bertz CT molecular complexity index is 1070. The zero-order valence-corrected chi connectivity index (χ0v) is 20.9. The van der Waals surface area contributed by atoms with Crippen LogP contribution >= 0.6 is 0 Å². The summed E-state index contributed by atoms with van der Waals surface area (Å²) in [4.78, 5) is 21.7. The van der Waals surface area contributed by atoms with E-state index >= 15 is 0 Å². The van der Waals surface area contributed by atoms with E-state index in [1.165, 1.54) is 24.1 Å². The number of amides is 1. The van der Waals surface area contributed by atoms with Gasteiger partial charge in [-0.25, -0.2) is 0 Å². The van der Waals surface area contributed by atoms with Crippen molar-refractivity contribution in [3.05, 3.63) is 95.8 Å². The number of likely N-dealkylation sites (tertiary alicyclic amines) is 1. The Kier molecular flexibility index (Phi) is 8.26. The molecule has 0 spiro atoms. The Morgan fingerprint density at radius 1 is 0.861 bits per heavy atom. The van der Waals surface area contributed by atoms with Crippen molar-refractivity contribution >= 4 is 11.6 Å². The predicted molar refractivity (Wildman–Crippen MR) is 143 cm³/mol. The molecule has 0 bridgehead atoms. The van der Waals surface area contributed by atoms with Crippen molar-refractivity contribution in [1.29, 1.82) is 0 Å².